The molecule has 0 aromatic heterocycles. The molecular formula is C25H39N3O5. The van der Waals surface area contributed by atoms with Gasteiger partial charge in [0, 0.05) is 24.8 Å². The number of hydrogen-bond acceptors (Lipinski definition) is 6. The molecule has 1 heterocycles. The molecule has 0 saturated carbocycles. The maximum Gasteiger partial charge on any atom is 0.308 e. The van der Waals surface area contributed by atoms with Crippen LogP contribution in [-0.2, 0) is 19.1 Å². The summed E-state index contributed by atoms with van der Waals surface area (Å²) < 4.78 is 11.0. The molecule has 1 unspecified atom stereocenters. The number of unbranched alkanes of at least 4 members (excludes halogenated alkanes) is 5. The zero-order valence-electron chi connectivity index (χ0n) is 20.1. The predicted molar refractivity (Wildman–Crippen MR) is 128 cm³/mol. The summed E-state index contributed by atoms with van der Waals surface area (Å²) in [5.41, 5.74) is 0.767. The van der Waals surface area contributed by atoms with Crippen molar-refractivity contribution in [3.63, 3.8) is 0 Å². The van der Waals surface area contributed by atoms with Gasteiger partial charge in [-0.15, -0.1) is 0 Å². The Morgan fingerprint density at radius 3 is 2.67 bits per heavy atom. The van der Waals surface area contributed by atoms with Crippen molar-refractivity contribution in [1.29, 1.82) is 0 Å². The number of ether oxygens (including phenoxy) is 2. The molecule has 184 valence electrons. The summed E-state index contributed by atoms with van der Waals surface area (Å²) in [6.45, 7) is 5.96. The number of anilines is 1. The third-order valence-corrected chi connectivity index (χ3v) is 5.57. The Labute approximate surface area is 197 Å². The van der Waals surface area contributed by atoms with Gasteiger partial charge in [-0.05, 0) is 25.0 Å². The third-order valence-electron chi connectivity index (χ3n) is 5.57. The van der Waals surface area contributed by atoms with Crippen LogP contribution in [0.3, 0.4) is 0 Å². The van der Waals surface area contributed by atoms with Crippen LogP contribution in [0.4, 0.5) is 5.69 Å². The van der Waals surface area contributed by atoms with Gasteiger partial charge in [-0.1, -0.05) is 52.0 Å². The molecule has 2 N–H and O–H groups in total. The van der Waals surface area contributed by atoms with Crippen LogP contribution in [0.25, 0.3) is 0 Å². The summed E-state index contributed by atoms with van der Waals surface area (Å²) in [5, 5.41) is 5.84. The summed E-state index contributed by atoms with van der Waals surface area (Å²) in [4.78, 5) is 38.7. The van der Waals surface area contributed by atoms with Crippen molar-refractivity contribution < 1.29 is 23.9 Å². The molecule has 0 bridgehead atoms. The third kappa shape index (κ3) is 9.72. The van der Waals surface area contributed by atoms with Gasteiger partial charge in [0.25, 0.3) is 0 Å². The molecule has 0 radical (unpaired) electrons. The van der Waals surface area contributed by atoms with Crippen molar-refractivity contribution in [2.75, 3.05) is 38.2 Å². The molecule has 1 atom stereocenters. The molecule has 2 rings (SSSR count). The van der Waals surface area contributed by atoms with Crippen LogP contribution in [0.15, 0.2) is 24.3 Å². The first-order valence-electron chi connectivity index (χ1n) is 12.2. The standard InChI is InChI=1S/C25H39N3O5/c1-3-5-7-8-9-16-32-21-12-10-11-20(17-21)27-19-23(29)28-14-13-26-25(31)22(28)18-24(30)33-15-6-4-2/h10-12,17,22,27H,3-9,13-16,18-19H2,1-2H3,(H,26,31). The number of nitrogens with one attached hydrogen (secondary N) is 2. The smallest absolute Gasteiger partial charge is 0.308 e. The Morgan fingerprint density at radius 1 is 1.09 bits per heavy atom. The van der Waals surface area contributed by atoms with E-state index in [0.29, 0.717) is 26.3 Å². The maximum atomic E-state index is 12.9. The molecule has 1 aliphatic rings. The van der Waals surface area contributed by atoms with E-state index in [-0.39, 0.29) is 24.8 Å². The van der Waals surface area contributed by atoms with Gasteiger partial charge in [0.15, 0.2) is 0 Å². The van der Waals surface area contributed by atoms with Crippen LogP contribution in [0, 0.1) is 0 Å². The number of hydrogen-bond donors (Lipinski definition) is 2. The minimum absolute atomic E-state index is 0.0229. The fourth-order valence-electron chi connectivity index (χ4n) is 3.63. The molecule has 0 aliphatic carbocycles. The van der Waals surface area contributed by atoms with Crippen molar-refractivity contribution in [1.82, 2.24) is 10.2 Å². The number of rotatable bonds is 15. The minimum Gasteiger partial charge on any atom is -0.494 e. The highest BCUT2D eigenvalue weighted by Gasteiger charge is 2.34. The van der Waals surface area contributed by atoms with Gasteiger partial charge in [-0.3, -0.25) is 14.4 Å². The van der Waals surface area contributed by atoms with Crippen LogP contribution in [0.1, 0.15) is 65.2 Å². The van der Waals surface area contributed by atoms with E-state index in [1.807, 2.05) is 31.2 Å². The number of amides is 2. The lowest BCUT2D eigenvalue weighted by Gasteiger charge is -2.34. The van der Waals surface area contributed by atoms with Gasteiger partial charge < -0.3 is 25.0 Å². The topological polar surface area (TPSA) is 97.0 Å². The lowest BCUT2D eigenvalue weighted by Crippen LogP contribution is -2.58. The van der Waals surface area contributed by atoms with E-state index in [1.54, 1.807) is 0 Å². The van der Waals surface area contributed by atoms with E-state index >= 15 is 0 Å². The maximum absolute atomic E-state index is 12.9. The van der Waals surface area contributed by atoms with E-state index in [9.17, 15) is 14.4 Å². The Bertz CT molecular complexity index is 755. The first kappa shape index (κ1) is 26.5. The molecular weight excluding hydrogens is 422 g/mol. The molecule has 1 saturated heterocycles. The van der Waals surface area contributed by atoms with Crippen LogP contribution in [0.5, 0.6) is 5.75 Å². The van der Waals surface area contributed by atoms with Gasteiger partial charge in [0.2, 0.25) is 11.8 Å². The molecule has 2 amide bonds. The normalized spacial score (nSPS) is 15.6. The molecule has 0 spiro atoms. The Morgan fingerprint density at radius 2 is 1.88 bits per heavy atom. The number of carbonyl (C=O) groups excluding carboxylic acids is 3. The summed E-state index contributed by atoms with van der Waals surface area (Å²) in [7, 11) is 0. The monoisotopic (exact) mass is 461 g/mol. The van der Waals surface area contributed by atoms with Gasteiger partial charge in [0.05, 0.1) is 26.2 Å². The molecule has 8 nitrogen and oxygen atoms in total. The van der Waals surface area contributed by atoms with E-state index in [1.165, 1.54) is 24.2 Å². The zero-order chi connectivity index (χ0) is 23.9. The number of benzene rings is 1. The van der Waals surface area contributed by atoms with Crippen molar-refractivity contribution >= 4 is 23.5 Å². The summed E-state index contributed by atoms with van der Waals surface area (Å²) in [5.74, 6) is -0.265. The molecule has 8 heteroatoms. The van der Waals surface area contributed by atoms with Crippen LogP contribution < -0.4 is 15.4 Å². The fraction of sp³-hybridized carbons (Fsp3) is 0.640. The Kier molecular flexibility index (Phi) is 12.1. The van der Waals surface area contributed by atoms with Gasteiger partial charge >= 0.3 is 5.97 Å². The van der Waals surface area contributed by atoms with Crippen molar-refractivity contribution in [2.24, 2.45) is 0 Å². The lowest BCUT2D eigenvalue weighted by molar-refractivity contribution is -0.151. The predicted octanol–water partition coefficient (Wildman–Crippen LogP) is 3.51. The molecule has 1 fully saturated rings. The number of piperazine rings is 1. The largest absolute Gasteiger partial charge is 0.494 e. The van der Waals surface area contributed by atoms with Crippen LogP contribution in [0.2, 0.25) is 0 Å². The number of carbonyl (C=O) groups is 3. The quantitative estimate of drug-likeness (QED) is 0.306. The van der Waals surface area contributed by atoms with E-state index < -0.39 is 12.0 Å². The highest BCUT2D eigenvalue weighted by Crippen LogP contribution is 2.18. The SMILES string of the molecule is CCCCCCCOc1cccc(NCC(=O)N2CCNC(=O)C2CC(=O)OCCCC)c1. The number of nitrogens with zero attached hydrogens (tertiary/aromatic N) is 1. The second-order valence-corrected chi connectivity index (χ2v) is 8.32. The van der Waals surface area contributed by atoms with Crippen molar-refractivity contribution in [2.45, 2.75) is 71.3 Å². The Balaban J connectivity index is 1.83. The summed E-state index contributed by atoms with van der Waals surface area (Å²) >= 11 is 0. The molecule has 33 heavy (non-hydrogen) atoms. The summed E-state index contributed by atoms with van der Waals surface area (Å²) in [6.07, 6.45) is 7.45. The van der Waals surface area contributed by atoms with Gasteiger partial charge in [0.1, 0.15) is 11.8 Å². The van der Waals surface area contributed by atoms with Crippen molar-refractivity contribution in [3.8, 4) is 5.75 Å². The summed E-state index contributed by atoms with van der Waals surface area (Å²) in [6, 6.07) is 6.67. The molecule has 1 aliphatic heterocycles. The minimum atomic E-state index is -0.843. The van der Waals surface area contributed by atoms with E-state index in [2.05, 4.69) is 17.6 Å². The van der Waals surface area contributed by atoms with Crippen LogP contribution in [-0.4, -0.2) is 61.6 Å². The van der Waals surface area contributed by atoms with Gasteiger partial charge in [-0.2, -0.15) is 0 Å². The molecule has 1 aromatic carbocycles. The average Bonchev–Trinajstić information content (AvgIpc) is 2.81. The first-order valence-corrected chi connectivity index (χ1v) is 12.2. The first-order chi connectivity index (χ1) is 16.0. The van der Waals surface area contributed by atoms with E-state index in [0.717, 1.165) is 37.1 Å². The highest BCUT2D eigenvalue weighted by atomic mass is 16.5. The fourth-order valence-corrected chi connectivity index (χ4v) is 3.63. The lowest BCUT2D eigenvalue weighted by atomic mass is 10.1. The average molecular weight is 462 g/mol. The van der Waals surface area contributed by atoms with E-state index in [4.69, 9.17) is 9.47 Å². The van der Waals surface area contributed by atoms with Crippen molar-refractivity contribution in [3.05, 3.63) is 24.3 Å². The highest BCUT2D eigenvalue weighted by molar-refractivity contribution is 5.93. The van der Waals surface area contributed by atoms with Gasteiger partial charge in [-0.25, -0.2) is 0 Å². The van der Waals surface area contributed by atoms with Crippen LogP contribution >= 0.6 is 0 Å². The Hall–Kier alpha value is -2.77. The zero-order valence-corrected chi connectivity index (χ0v) is 20.1. The second kappa shape index (κ2) is 15.1. The number of esters is 1. The second-order valence-electron chi connectivity index (χ2n) is 8.32. The molecule has 1 aromatic rings.